The topological polar surface area (TPSA) is 85.5 Å². The predicted molar refractivity (Wildman–Crippen MR) is 66.9 cm³/mol. The van der Waals surface area contributed by atoms with Crippen molar-refractivity contribution in [3.63, 3.8) is 0 Å². The van der Waals surface area contributed by atoms with Crippen molar-refractivity contribution in [2.24, 2.45) is 0 Å². The van der Waals surface area contributed by atoms with E-state index in [1.807, 2.05) is 6.92 Å². The highest BCUT2D eigenvalue weighted by Gasteiger charge is 2.11. The lowest BCUT2D eigenvalue weighted by molar-refractivity contribution is 0.0697. The number of rotatable bonds is 6. The summed E-state index contributed by atoms with van der Waals surface area (Å²) in [7, 11) is 0. The molecule has 100 valence electrons. The van der Waals surface area contributed by atoms with Crippen LogP contribution >= 0.6 is 0 Å². The molecule has 0 radical (unpaired) electrons. The van der Waals surface area contributed by atoms with Crippen molar-refractivity contribution in [3.8, 4) is 11.5 Å². The Labute approximate surface area is 110 Å². The van der Waals surface area contributed by atoms with E-state index in [-0.39, 0.29) is 5.56 Å². The molecule has 0 saturated carbocycles. The standard InChI is InChI=1S/C13H14N2O4/c1-2-18-7-6-11-14-12(19-15-11)9-4-3-5-10(8-9)13(16)17/h3-5,8H,2,6-7H2,1H3,(H,16,17). The van der Waals surface area contributed by atoms with Crippen LogP contribution in [0.3, 0.4) is 0 Å². The molecule has 0 aliphatic rings. The van der Waals surface area contributed by atoms with Crippen LogP contribution in [0.4, 0.5) is 0 Å². The lowest BCUT2D eigenvalue weighted by Gasteiger charge is -1.97. The number of carbonyl (C=O) groups is 1. The average molecular weight is 262 g/mol. The quantitative estimate of drug-likeness (QED) is 0.801. The second-order valence-electron chi connectivity index (χ2n) is 3.85. The maximum Gasteiger partial charge on any atom is 0.335 e. The van der Waals surface area contributed by atoms with Crippen LogP contribution in [0.2, 0.25) is 0 Å². The van der Waals surface area contributed by atoms with Gasteiger partial charge in [-0.1, -0.05) is 11.2 Å². The number of carboxylic acid groups (broad SMARTS) is 1. The first-order valence-electron chi connectivity index (χ1n) is 5.94. The van der Waals surface area contributed by atoms with E-state index in [4.69, 9.17) is 14.4 Å². The number of aromatic nitrogens is 2. The van der Waals surface area contributed by atoms with Gasteiger partial charge in [0.25, 0.3) is 5.89 Å². The van der Waals surface area contributed by atoms with E-state index >= 15 is 0 Å². The molecule has 1 aromatic carbocycles. The average Bonchev–Trinajstić information content (AvgIpc) is 2.88. The predicted octanol–water partition coefficient (Wildman–Crippen LogP) is 2.01. The molecule has 19 heavy (non-hydrogen) atoms. The molecule has 0 atom stereocenters. The summed E-state index contributed by atoms with van der Waals surface area (Å²) in [5.74, 6) is -0.128. The smallest absolute Gasteiger partial charge is 0.335 e. The summed E-state index contributed by atoms with van der Waals surface area (Å²) in [6, 6.07) is 6.38. The van der Waals surface area contributed by atoms with E-state index in [2.05, 4.69) is 10.1 Å². The van der Waals surface area contributed by atoms with Crippen LogP contribution in [0.25, 0.3) is 11.5 Å². The van der Waals surface area contributed by atoms with E-state index in [1.54, 1.807) is 12.1 Å². The molecule has 0 saturated heterocycles. The Balaban J connectivity index is 2.13. The number of nitrogens with zero attached hydrogens (tertiary/aromatic N) is 2. The molecule has 0 aliphatic carbocycles. The number of ether oxygens (including phenoxy) is 1. The summed E-state index contributed by atoms with van der Waals surface area (Å²) < 4.78 is 10.3. The zero-order valence-corrected chi connectivity index (χ0v) is 10.5. The summed E-state index contributed by atoms with van der Waals surface area (Å²) in [4.78, 5) is 15.1. The molecule has 6 nitrogen and oxygen atoms in total. The number of benzene rings is 1. The maximum atomic E-state index is 10.9. The summed E-state index contributed by atoms with van der Waals surface area (Å²) in [5.41, 5.74) is 0.779. The third-order valence-corrected chi connectivity index (χ3v) is 2.50. The van der Waals surface area contributed by atoms with E-state index in [0.717, 1.165) is 0 Å². The molecule has 0 amide bonds. The van der Waals surface area contributed by atoms with E-state index < -0.39 is 5.97 Å². The molecule has 0 bridgehead atoms. The Morgan fingerprint density at radius 1 is 1.47 bits per heavy atom. The van der Waals surface area contributed by atoms with E-state index in [0.29, 0.717) is 36.9 Å². The molecule has 0 aliphatic heterocycles. The fourth-order valence-corrected chi connectivity index (χ4v) is 1.57. The molecular weight excluding hydrogens is 248 g/mol. The summed E-state index contributed by atoms with van der Waals surface area (Å²) in [6.07, 6.45) is 0.565. The minimum atomic E-state index is -0.988. The minimum Gasteiger partial charge on any atom is -0.478 e. The Kier molecular flexibility index (Phi) is 4.25. The van der Waals surface area contributed by atoms with Crippen molar-refractivity contribution in [2.45, 2.75) is 13.3 Å². The highest BCUT2D eigenvalue weighted by Crippen LogP contribution is 2.18. The third-order valence-electron chi connectivity index (χ3n) is 2.50. The van der Waals surface area contributed by atoms with Crippen LogP contribution < -0.4 is 0 Å². The van der Waals surface area contributed by atoms with E-state index in [9.17, 15) is 4.79 Å². The van der Waals surface area contributed by atoms with Crippen LogP contribution in [0.15, 0.2) is 28.8 Å². The normalized spacial score (nSPS) is 10.6. The second-order valence-corrected chi connectivity index (χ2v) is 3.85. The summed E-state index contributed by atoms with van der Waals surface area (Å²) in [6.45, 7) is 3.09. The monoisotopic (exact) mass is 262 g/mol. The van der Waals surface area contributed by atoms with Gasteiger partial charge in [0.1, 0.15) is 0 Å². The number of carboxylic acids is 1. The Bertz CT molecular complexity index is 565. The van der Waals surface area contributed by atoms with Crippen LogP contribution in [0, 0.1) is 0 Å². The first-order valence-corrected chi connectivity index (χ1v) is 5.94. The van der Waals surface area contributed by atoms with Crippen molar-refractivity contribution < 1.29 is 19.2 Å². The second kappa shape index (κ2) is 6.10. The highest BCUT2D eigenvalue weighted by atomic mass is 16.5. The Morgan fingerprint density at radius 3 is 3.05 bits per heavy atom. The zero-order valence-electron chi connectivity index (χ0n) is 10.5. The van der Waals surface area contributed by atoms with Crippen molar-refractivity contribution in [1.82, 2.24) is 10.1 Å². The zero-order chi connectivity index (χ0) is 13.7. The molecule has 2 rings (SSSR count). The molecule has 0 unspecified atom stereocenters. The van der Waals surface area contributed by atoms with Gasteiger partial charge in [-0.05, 0) is 25.1 Å². The first-order chi connectivity index (χ1) is 9.20. The molecular formula is C13H14N2O4. The van der Waals surface area contributed by atoms with Gasteiger partial charge in [-0.15, -0.1) is 0 Å². The third kappa shape index (κ3) is 3.38. The van der Waals surface area contributed by atoms with Gasteiger partial charge in [0, 0.05) is 18.6 Å². The first kappa shape index (κ1) is 13.2. The van der Waals surface area contributed by atoms with Crippen LogP contribution in [0.1, 0.15) is 23.1 Å². The van der Waals surface area contributed by atoms with Gasteiger partial charge in [0.2, 0.25) is 0 Å². The summed E-state index contributed by atoms with van der Waals surface area (Å²) in [5, 5.41) is 12.7. The van der Waals surface area contributed by atoms with Gasteiger partial charge in [0.15, 0.2) is 5.82 Å². The number of hydrogen-bond donors (Lipinski definition) is 1. The molecule has 1 heterocycles. The Morgan fingerprint density at radius 2 is 2.32 bits per heavy atom. The molecule has 6 heteroatoms. The van der Waals surface area contributed by atoms with Crippen LogP contribution in [0.5, 0.6) is 0 Å². The summed E-state index contributed by atoms with van der Waals surface area (Å²) >= 11 is 0. The number of aromatic carboxylic acids is 1. The van der Waals surface area contributed by atoms with Crippen molar-refractivity contribution >= 4 is 5.97 Å². The molecule has 0 fully saturated rings. The molecule has 0 spiro atoms. The SMILES string of the molecule is CCOCCc1noc(-c2cccc(C(=O)O)c2)n1. The Hall–Kier alpha value is -2.21. The van der Waals surface area contributed by atoms with Gasteiger partial charge in [0.05, 0.1) is 12.2 Å². The van der Waals surface area contributed by atoms with Gasteiger partial charge in [-0.25, -0.2) is 4.79 Å². The van der Waals surface area contributed by atoms with Gasteiger partial charge in [-0.3, -0.25) is 0 Å². The lowest BCUT2D eigenvalue weighted by atomic mass is 10.1. The fourth-order valence-electron chi connectivity index (χ4n) is 1.57. The van der Waals surface area contributed by atoms with Gasteiger partial charge < -0.3 is 14.4 Å². The molecule has 1 aromatic heterocycles. The largest absolute Gasteiger partial charge is 0.478 e. The molecule has 2 aromatic rings. The van der Waals surface area contributed by atoms with Gasteiger partial charge in [-0.2, -0.15) is 4.98 Å². The van der Waals surface area contributed by atoms with Crippen molar-refractivity contribution in [2.75, 3.05) is 13.2 Å². The maximum absolute atomic E-state index is 10.9. The fraction of sp³-hybridized carbons (Fsp3) is 0.308. The minimum absolute atomic E-state index is 0.187. The molecule has 1 N–H and O–H groups in total. The number of hydrogen-bond acceptors (Lipinski definition) is 5. The van der Waals surface area contributed by atoms with Gasteiger partial charge >= 0.3 is 5.97 Å². The van der Waals surface area contributed by atoms with Crippen LogP contribution in [-0.4, -0.2) is 34.4 Å². The lowest BCUT2D eigenvalue weighted by Crippen LogP contribution is -1.99. The highest BCUT2D eigenvalue weighted by molar-refractivity contribution is 5.88. The van der Waals surface area contributed by atoms with Crippen LogP contribution in [-0.2, 0) is 11.2 Å². The van der Waals surface area contributed by atoms with Crippen molar-refractivity contribution in [3.05, 3.63) is 35.7 Å². The van der Waals surface area contributed by atoms with E-state index in [1.165, 1.54) is 12.1 Å². The van der Waals surface area contributed by atoms with Crippen molar-refractivity contribution in [1.29, 1.82) is 0 Å².